The second-order valence-corrected chi connectivity index (χ2v) is 9.39. The summed E-state index contributed by atoms with van der Waals surface area (Å²) in [6.45, 7) is 7.03. The van der Waals surface area contributed by atoms with Crippen molar-refractivity contribution in [1.29, 1.82) is 0 Å². The van der Waals surface area contributed by atoms with Crippen LogP contribution in [0, 0.1) is 13.8 Å². The molecule has 1 amide bonds. The number of anilines is 1. The van der Waals surface area contributed by atoms with Gasteiger partial charge in [-0.15, -0.1) is 0 Å². The van der Waals surface area contributed by atoms with E-state index < -0.39 is 0 Å². The van der Waals surface area contributed by atoms with E-state index in [1.165, 1.54) is 11.3 Å². The van der Waals surface area contributed by atoms with Crippen LogP contribution in [-0.4, -0.2) is 86.5 Å². The number of likely N-dealkylation sites (tertiary alicyclic amines) is 2. The van der Waals surface area contributed by atoms with Crippen LogP contribution in [-0.2, 0) is 32.8 Å². The van der Waals surface area contributed by atoms with E-state index in [0.29, 0.717) is 6.42 Å². The predicted octanol–water partition coefficient (Wildman–Crippen LogP) is 1.61. The molecule has 1 spiro atoms. The molecule has 1 aliphatic carbocycles. The number of amides is 1. The van der Waals surface area contributed by atoms with Gasteiger partial charge in [-0.1, -0.05) is 0 Å². The Morgan fingerprint density at radius 2 is 1.81 bits per heavy atom. The van der Waals surface area contributed by atoms with Gasteiger partial charge in [0, 0.05) is 44.5 Å². The van der Waals surface area contributed by atoms with E-state index in [-0.39, 0.29) is 30.3 Å². The summed E-state index contributed by atoms with van der Waals surface area (Å²) in [7, 11) is 1.86. The van der Waals surface area contributed by atoms with Crippen LogP contribution < -0.4 is 5.32 Å². The Morgan fingerprint density at radius 3 is 2.36 bits per heavy atom. The van der Waals surface area contributed by atoms with Crippen molar-refractivity contribution in [3.63, 3.8) is 0 Å². The van der Waals surface area contributed by atoms with Gasteiger partial charge in [0.25, 0.3) is 12.9 Å². The molecule has 0 radical (unpaired) electrons. The minimum Gasteiger partial charge on any atom is -0.483 e. The summed E-state index contributed by atoms with van der Waals surface area (Å²) in [4.78, 5) is 47.0. The lowest BCUT2D eigenvalue weighted by Gasteiger charge is -2.39. The number of nitrogens with zero attached hydrogens (tertiary/aromatic N) is 5. The summed E-state index contributed by atoms with van der Waals surface area (Å²) in [5.41, 5.74) is 3.67. The van der Waals surface area contributed by atoms with Gasteiger partial charge < -0.3 is 24.8 Å². The van der Waals surface area contributed by atoms with Crippen LogP contribution in [0.2, 0.25) is 0 Å². The summed E-state index contributed by atoms with van der Waals surface area (Å²) in [6.07, 6.45) is 6.67. The molecule has 0 aromatic carbocycles. The Kier molecular flexibility index (Phi) is 8.97. The predicted molar refractivity (Wildman–Crippen MR) is 130 cm³/mol. The molecule has 0 bridgehead atoms. The van der Waals surface area contributed by atoms with E-state index in [2.05, 4.69) is 15.2 Å². The van der Waals surface area contributed by atoms with E-state index in [9.17, 15) is 4.79 Å². The van der Waals surface area contributed by atoms with Crippen molar-refractivity contribution in [3.8, 4) is 0 Å². The minimum atomic E-state index is -0.250. The number of oxazole rings is 1. The maximum absolute atomic E-state index is 11.9. The van der Waals surface area contributed by atoms with Crippen molar-refractivity contribution in [3.05, 3.63) is 34.9 Å². The van der Waals surface area contributed by atoms with Gasteiger partial charge in [0.2, 0.25) is 5.91 Å². The molecule has 2 saturated heterocycles. The molecule has 0 saturated carbocycles. The standard InChI is InChI=1S/C22H30N6O2.2CH2O2/c1-14-23-20-18(21(24-14)26-16-10-19(29)27(3)11-16)4-5-22(20)6-8-28(9-7-22)12-17-13-30-15(2)25-17;2*2-1-3/h13,16H,4-12H2,1-3H3,(H,23,24,26);2*1H,(H,2,3). The Balaban J connectivity index is 0.000000550. The minimum absolute atomic E-state index is 0.130. The van der Waals surface area contributed by atoms with Crippen molar-refractivity contribution < 1.29 is 29.0 Å². The molecule has 12 heteroatoms. The van der Waals surface area contributed by atoms with E-state index in [1.54, 1.807) is 11.2 Å². The summed E-state index contributed by atoms with van der Waals surface area (Å²) in [5, 5.41) is 17.3. The number of hydrogen-bond acceptors (Lipinski definition) is 9. The number of carboxylic acid groups (broad SMARTS) is 2. The normalized spacial score (nSPS) is 20.1. The number of aryl methyl sites for hydroxylation is 2. The Labute approximate surface area is 209 Å². The number of aromatic nitrogens is 3. The molecule has 2 fully saturated rings. The van der Waals surface area contributed by atoms with Gasteiger partial charge in [-0.05, 0) is 45.7 Å². The molecule has 5 rings (SSSR count). The molecule has 12 nitrogen and oxygen atoms in total. The van der Waals surface area contributed by atoms with Crippen LogP contribution in [0.25, 0.3) is 0 Å². The largest absolute Gasteiger partial charge is 0.483 e. The van der Waals surface area contributed by atoms with Crippen LogP contribution >= 0.6 is 0 Å². The molecule has 1 unspecified atom stereocenters. The first-order valence-corrected chi connectivity index (χ1v) is 11.9. The van der Waals surface area contributed by atoms with Gasteiger partial charge in [-0.2, -0.15) is 0 Å². The molecular formula is C24H34N6O6. The van der Waals surface area contributed by atoms with Crippen LogP contribution in [0.4, 0.5) is 5.82 Å². The quantitative estimate of drug-likeness (QED) is 0.521. The molecule has 3 N–H and O–H groups in total. The number of piperidine rings is 1. The first-order valence-electron chi connectivity index (χ1n) is 11.9. The molecule has 196 valence electrons. The molecule has 2 aromatic heterocycles. The van der Waals surface area contributed by atoms with Crippen LogP contribution in [0.15, 0.2) is 10.7 Å². The van der Waals surface area contributed by atoms with Gasteiger partial charge in [0.15, 0.2) is 5.89 Å². The summed E-state index contributed by atoms with van der Waals surface area (Å²) >= 11 is 0. The maximum Gasteiger partial charge on any atom is 0.290 e. The lowest BCUT2D eigenvalue weighted by molar-refractivity contribution is -0.126. The average Bonchev–Trinajstić information content (AvgIpc) is 3.49. The first-order chi connectivity index (χ1) is 17.2. The van der Waals surface area contributed by atoms with E-state index >= 15 is 0 Å². The zero-order valence-electron chi connectivity index (χ0n) is 20.9. The van der Waals surface area contributed by atoms with Crippen LogP contribution in [0.5, 0.6) is 0 Å². The zero-order valence-corrected chi connectivity index (χ0v) is 20.9. The third-order valence-corrected chi connectivity index (χ3v) is 7.02. The number of likely N-dealkylation sites (N-methyl/N-ethyl adjacent to an activating group) is 1. The van der Waals surface area contributed by atoms with Crippen molar-refractivity contribution >= 4 is 24.7 Å². The summed E-state index contributed by atoms with van der Waals surface area (Å²) < 4.78 is 5.35. The fraction of sp³-hybridized carbons (Fsp3) is 0.583. The number of nitrogens with one attached hydrogen (secondary N) is 1. The molecule has 2 aliphatic heterocycles. The molecule has 36 heavy (non-hydrogen) atoms. The number of hydrogen-bond donors (Lipinski definition) is 3. The van der Waals surface area contributed by atoms with Crippen LogP contribution in [0.1, 0.15) is 54.3 Å². The molecule has 4 heterocycles. The number of rotatable bonds is 4. The third kappa shape index (κ3) is 6.17. The van der Waals surface area contributed by atoms with Crippen molar-refractivity contribution in [1.82, 2.24) is 24.8 Å². The highest BCUT2D eigenvalue weighted by atomic mass is 16.4. The molecule has 3 aliphatic rings. The highest BCUT2D eigenvalue weighted by Crippen LogP contribution is 2.47. The van der Waals surface area contributed by atoms with Gasteiger partial charge in [0.1, 0.15) is 17.9 Å². The van der Waals surface area contributed by atoms with Crippen LogP contribution in [0.3, 0.4) is 0 Å². The summed E-state index contributed by atoms with van der Waals surface area (Å²) in [6, 6.07) is 0.130. The topological polar surface area (TPSA) is 162 Å². The second kappa shape index (κ2) is 11.9. The first kappa shape index (κ1) is 27.1. The molecule has 2 aromatic rings. The number of carbonyl (C=O) groups excluding carboxylic acids is 1. The van der Waals surface area contributed by atoms with E-state index in [1.807, 2.05) is 20.9 Å². The average molecular weight is 503 g/mol. The lowest BCUT2D eigenvalue weighted by atomic mass is 9.76. The SMILES string of the molecule is Cc1nc(NC2CC(=O)N(C)C2)c2c(n1)C1(CC2)CCN(Cc2coc(C)n2)CC1.O=CO.O=CO. The molecular weight excluding hydrogens is 468 g/mol. The van der Waals surface area contributed by atoms with Crippen molar-refractivity contribution in [2.45, 2.75) is 64.0 Å². The fourth-order valence-corrected chi connectivity index (χ4v) is 5.36. The summed E-state index contributed by atoms with van der Waals surface area (Å²) in [5.74, 6) is 2.69. The maximum atomic E-state index is 11.9. The van der Waals surface area contributed by atoms with Gasteiger partial charge in [-0.25, -0.2) is 15.0 Å². The number of fused-ring (bicyclic) bond motifs is 2. The van der Waals surface area contributed by atoms with Crippen molar-refractivity contribution in [2.24, 2.45) is 0 Å². The zero-order chi connectivity index (χ0) is 26.3. The Bertz CT molecular complexity index is 1060. The second-order valence-electron chi connectivity index (χ2n) is 9.39. The number of carbonyl (C=O) groups is 3. The highest BCUT2D eigenvalue weighted by molar-refractivity contribution is 5.79. The van der Waals surface area contributed by atoms with Crippen molar-refractivity contribution in [2.75, 3.05) is 32.0 Å². The monoisotopic (exact) mass is 502 g/mol. The lowest BCUT2D eigenvalue weighted by Crippen LogP contribution is -2.41. The molecule has 1 atom stereocenters. The Hall–Kier alpha value is -3.54. The van der Waals surface area contributed by atoms with Gasteiger partial charge in [0.05, 0.1) is 17.4 Å². The smallest absolute Gasteiger partial charge is 0.290 e. The highest BCUT2D eigenvalue weighted by Gasteiger charge is 2.44. The third-order valence-electron chi connectivity index (χ3n) is 7.02. The van der Waals surface area contributed by atoms with Gasteiger partial charge in [-0.3, -0.25) is 19.3 Å². The van der Waals surface area contributed by atoms with Gasteiger partial charge >= 0.3 is 0 Å². The Morgan fingerprint density at radius 1 is 1.14 bits per heavy atom. The fourth-order valence-electron chi connectivity index (χ4n) is 5.36. The van der Waals surface area contributed by atoms with E-state index in [4.69, 9.17) is 34.2 Å². The van der Waals surface area contributed by atoms with E-state index in [0.717, 1.165) is 75.1 Å².